The molecule has 2 rings (SSSR count). The van der Waals surface area contributed by atoms with Crippen molar-refractivity contribution in [2.75, 3.05) is 14.2 Å². The fourth-order valence-electron chi connectivity index (χ4n) is 2.19. The zero-order chi connectivity index (χ0) is 15.4. The fraction of sp³-hybridized carbons (Fsp3) is 0.333. The van der Waals surface area contributed by atoms with Gasteiger partial charge in [-0.2, -0.15) is 0 Å². The molecule has 0 spiro atoms. The van der Waals surface area contributed by atoms with Crippen LogP contribution < -0.4 is 0 Å². The smallest absolute Gasteiger partial charge is 0.355 e. The average Bonchev–Trinajstić information content (AvgIpc) is 3.00. The Kier molecular flexibility index (Phi) is 4.47. The van der Waals surface area contributed by atoms with Crippen LogP contribution in [0.4, 0.5) is 0 Å². The number of esters is 2. The summed E-state index contributed by atoms with van der Waals surface area (Å²) in [4.78, 5) is 25.7. The van der Waals surface area contributed by atoms with Gasteiger partial charge in [0.1, 0.15) is 11.5 Å². The predicted molar refractivity (Wildman–Crippen MR) is 73.6 cm³/mol. The van der Waals surface area contributed by atoms with Crippen molar-refractivity contribution in [3.8, 4) is 0 Å². The van der Waals surface area contributed by atoms with Crippen LogP contribution in [0.3, 0.4) is 0 Å². The van der Waals surface area contributed by atoms with E-state index in [0.29, 0.717) is 12.3 Å². The lowest BCUT2D eigenvalue weighted by atomic mass is 9.95. The average molecular weight is 291 g/mol. The van der Waals surface area contributed by atoms with Crippen LogP contribution in [-0.4, -0.2) is 31.1 Å². The highest BCUT2D eigenvalue weighted by Gasteiger charge is 2.32. The number of methoxy groups -OCH3 is 2. The molecule has 0 aromatic carbocycles. The van der Waals surface area contributed by atoms with Crippen molar-refractivity contribution in [2.24, 2.45) is 5.92 Å². The van der Waals surface area contributed by atoms with Crippen molar-refractivity contribution in [1.29, 1.82) is 0 Å². The Morgan fingerprint density at radius 3 is 2.57 bits per heavy atom. The molecule has 1 aromatic rings. The molecule has 1 unspecified atom stereocenters. The maximum Gasteiger partial charge on any atom is 0.355 e. The molecule has 21 heavy (non-hydrogen) atoms. The first kappa shape index (κ1) is 14.9. The largest absolute Gasteiger partial charge is 0.467 e. The van der Waals surface area contributed by atoms with Gasteiger partial charge in [-0.25, -0.2) is 9.59 Å². The van der Waals surface area contributed by atoms with Gasteiger partial charge in [0, 0.05) is 12.1 Å². The summed E-state index contributed by atoms with van der Waals surface area (Å²) in [5.41, 5.74) is 0.453. The summed E-state index contributed by atoms with van der Waals surface area (Å²) in [6.45, 7) is 2.14. The summed E-state index contributed by atoms with van der Waals surface area (Å²) >= 11 is 0. The number of furan rings is 1. The van der Waals surface area contributed by atoms with Crippen LogP contribution in [0.5, 0.6) is 0 Å². The molecule has 0 radical (unpaired) electrons. The first-order valence-electron chi connectivity index (χ1n) is 6.46. The van der Waals surface area contributed by atoms with Crippen LogP contribution in [0, 0.1) is 5.92 Å². The van der Waals surface area contributed by atoms with E-state index in [1.807, 2.05) is 13.0 Å². The van der Waals surface area contributed by atoms with E-state index < -0.39 is 11.9 Å². The lowest BCUT2D eigenvalue weighted by Gasteiger charge is -2.28. The number of carbonyl (C=O) groups excluding carboxylic acids is 2. The van der Waals surface area contributed by atoms with Crippen LogP contribution in [0.1, 0.15) is 12.7 Å². The van der Waals surface area contributed by atoms with E-state index in [1.54, 1.807) is 29.5 Å². The minimum atomic E-state index is -0.585. The third-order valence-corrected chi connectivity index (χ3v) is 3.24. The van der Waals surface area contributed by atoms with Crippen LogP contribution in [0.25, 0.3) is 0 Å². The Labute approximate surface area is 122 Å². The van der Waals surface area contributed by atoms with Gasteiger partial charge < -0.3 is 18.8 Å². The molecule has 0 fully saturated rings. The molecule has 0 saturated heterocycles. The van der Waals surface area contributed by atoms with Gasteiger partial charge in [0.25, 0.3) is 0 Å². The quantitative estimate of drug-likeness (QED) is 0.788. The third-order valence-electron chi connectivity index (χ3n) is 3.24. The van der Waals surface area contributed by atoms with Crippen molar-refractivity contribution in [2.45, 2.75) is 13.5 Å². The van der Waals surface area contributed by atoms with Gasteiger partial charge in [-0.05, 0) is 12.1 Å². The molecule has 0 bridgehead atoms. The van der Waals surface area contributed by atoms with E-state index >= 15 is 0 Å². The maximum atomic E-state index is 12.1. The van der Waals surface area contributed by atoms with Crippen LogP contribution in [-0.2, 0) is 25.6 Å². The van der Waals surface area contributed by atoms with E-state index in [9.17, 15) is 9.59 Å². The molecule has 1 aromatic heterocycles. The van der Waals surface area contributed by atoms with E-state index in [1.165, 1.54) is 14.2 Å². The predicted octanol–water partition coefficient (Wildman–Crippen LogP) is 1.85. The highest BCUT2D eigenvalue weighted by Crippen LogP contribution is 2.28. The highest BCUT2D eigenvalue weighted by molar-refractivity contribution is 6.01. The number of nitrogens with zero attached hydrogens (tertiary/aromatic N) is 1. The summed E-state index contributed by atoms with van der Waals surface area (Å²) in [5, 5.41) is 0. The normalized spacial score (nSPS) is 17.9. The molecular formula is C15H17NO5. The fourth-order valence-corrected chi connectivity index (χ4v) is 2.19. The summed E-state index contributed by atoms with van der Waals surface area (Å²) in [7, 11) is 2.56. The van der Waals surface area contributed by atoms with Crippen LogP contribution >= 0.6 is 0 Å². The van der Waals surface area contributed by atoms with E-state index in [0.717, 1.165) is 0 Å². The summed E-state index contributed by atoms with van der Waals surface area (Å²) in [5.74, 6) is -0.700. The summed E-state index contributed by atoms with van der Waals surface area (Å²) in [6, 6.07) is 3.55. The van der Waals surface area contributed by atoms with Crippen molar-refractivity contribution in [3.63, 3.8) is 0 Å². The Morgan fingerprint density at radius 2 is 2.00 bits per heavy atom. The van der Waals surface area contributed by atoms with Crippen molar-refractivity contribution >= 4 is 11.9 Å². The number of allylic oxidation sites excluding steroid dienone is 1. The van der Waals surface area contributed by atoms with Crippen LogP contribution in [0.2, 0.25) is 0 Å². The minimum absolute atomic E-state index is 0.177. The molecule has 1 atom stereocenters. The molecular weight excluding hydrogens is 274 g/mol. The zero-order valence-corrected chi connectivity index (χ0v) is 12.2. The van der Waals surface area contributed by atoms with Gasteiger partial charge in [-0.1, -0.05) is 13.0 Å². The molecule has 0 N–H and O–H groups in total. The summed E-state index contributed by atoms with van der Waals surface area (Å²) in [6.07, 6.45) is 5.11. The summed E-state index contributed by atoms with van der Waals surface area (Å²) < 4.78 is 14.9. The first-order valence-corrected chi connectivity index (χ1v) is 6.46. The third kappa shape index (κ3) is 2.99. The Bertz CT molecular complexity index is 585. The van der Waals surface area contributed by atoms with Gasteiger partial charge in [0.05, 0.1) is 32.6 Å². The Morgan fingerprint density at radius 1 is 1.29 bits per heavy atom. The molecule has 0 saturated carbocycles. The van der Waals surface area contributed by atoms with Gasteiger partial charge in [0.2, 0.25) is 0 Å². The van der Waals surface area contributed by atoms with Crippen molar-refractivity contribution in [1.82, 2.24) is 4.90 Å². The van der Waals surface area contributed by atoms with Crippen molar-refractivity contribution < 1.29 is 23.5 Å². The first-order chi connectivity index (χ1) is 10.1. The van der Waals surface area contributed by atoms with E-state index in [4.69, 9.17) is 13.9 Å². The van der Waals surface area contributed by atoms with Crippen LogP contribution in [0.15, 0.2) is 46.4 Å². The topological polar surface area (TPSA) is 69.0 Å². The van der Waals surface area contributed by atoms with Crippen molar-refractivity contribution in [3.05, 3.63) is 47.7 Å². The van der Waals surface area contributed by atoms with E-state index in [2.05, 4.69) is 0 Å². The van der Waals surface area contributed by atoms with Gasteiger partial charge in [-0.3, -0.25) is 0 Å². The van der Waals surface area contributed by atoms with Gasteiger partial charge in [0.15, 0.2) is 0 Å². The molecule has 2 heterocycles. The minimum Gasteiger partial charge on any atom is -0.467 e. The molecule has 112 valence electrons. The van der Waals surface area contributed by atoms with E-state index in [-0.39, 0.29) is 17.2 Å². The molecule has 0 amide bonds. The number of hydrogen-bond acceptors (Lipinski definition) is 6. The van der Waals surface area contributed by atoms with Gasteiger partial charge in [-0.15, -0.1) is 0 Å². The molecule has 1 aliphatic rings. The number of rotatable bonds is 4. The second-order valence-corrected chi connectivity index (χ2v) is 4.58. The molecule has 1 aliphatic heterocycles. The number of hydrogen-bond donors (Lipinski definition) is 0. The number of ether oxygens (including phenoxy) is 2. The highest BCUT2D eigenvalue weighted by atomic mass is 16.5. The standard InChI is InChI=1S/C15H17NO5/c1-10-6-7-16(9-11-5-4-8-21-11)13(15(18)20-3)12(10)14(17)19-2/h4-8,10H,9H2,1-3H3. The molecule has 0 aliphatic carbocycles. The Hall–Kier alpha value is -2.50. The van der Waals surface area contributed by atoms with Gasteiger partial charge >= 0.3 is 11.9 Å². The lowest BCUT2D eigenvalue weighted by molar-refractivity contribution is -0.141. The maximum absolute atomic E-state index is 12.1. The zero-order valence-electron chi connectivity index (χ0n) is 12.2. The lowest BCUT2D eigenvalue weighted by Crippen LogP contribution is -2.32. The molecule has 6 heteroatoms. The Balaban J connectivity index is 2.43. The number of carbonyl (C=O) groups is 2. The molecule has 6 nitrogen and oxygen atoms in total. The monoisotopic (exact) mass is 291 g/mol. The SMILES string of the molecule is COC(=O)C1=C(C(=O)OC)N(Cc2ccco2)C=CC1C. The second kappa shape index (κ2) is 6.30. The second-order valence-electron chi connectivity index (χ2n) is 4.58.